The lowest BCUT2D eigenvalue weighted by Crippen LogP contribution is -2.27. The topological polar surface area (TPSA) is 50.4 Å². The third kappa shape index (κ3) is 3.68. The van der Waals surface area contributed by atoms with Crippen LogP contribution in [0.2, 0.25) is 5.02 Å². The van der Waals surface area contributed by atoms with E-state index in [4.69, 9.17) is 16.3 Å². The highest BCUT2D eigenvalue weighted by atomic mass is 35.5. The summed E-state index contributed by atoms with van der Waals surface area (Å²) in [6.07, 6.45) is 1.22. The first kappa shape index (κ1) is 19.7. The van der Waals surface area contributed by atoms with Crippen molar-refractivity contribution in [3.05, 3.63) is 100 Å². The minimum Gasteiger partial charge on any atom is -0.496 e. The highest BCUT2D eigenvalue weighted by Gasteiger charge is 2.36. The molecule has 2 atom stereocenters. The van der Waals surface area contributed by atoms with Gasteiger partial charge < -0.3 is 15.4 Å². The molecule has 1 heterocycles. The molecule has 2 unspecified atom stereocenters. The number of methoxy groups -OCH3 is 1. The quantitative estimate of drug-likeness (QED) is 0.509. The average molecular weight is 431 g/mol. The molecule has 4 nitrogen and oxygen atoms in total. The number of ether oxygens (including phenoxy) is 1. The summed E-state index contributed by atoms with van der Waals surface area (Å²) in [5.74, 6) is 1.02. The Bertz CT molecular complexity index is 1170. The molecule has 2 aliphatic rings. The SMILES string of the molecule is COc1ccccc1C1Nc2ccccc2NC2=C1C(=O)CC(c1ccc(Cl)cc1)C2. The van der Waals surface area contributed by atoms with Crippen LogP contribution in [0.15, 0.2) is 84.1 Å². The van der Waals surface area contributed by atoms with Crippen molar-refractivity contribution in [1.29, 1.82) is 0 Å². The monoisotopic (exact) mass is 430 g/mol. The number of nitrogens with one attached hydrogen (secondary N) is 2. The van der Waals surface area contributed by atoms with E-state index in [-0.39, 0.29) is 17.7 Å². The molecule has 1 aliphatic carbocycles. The Labute approximate surface area is 186 Å². The largest absolute Gasteiger partial charge is 0.496 e. The Morgan fingerprint density at radius 1 is 0.903 bits per heavy atom. The second-order valence-corrected chi connectivity index (χ2v) is 8.40. The van der Waals surface area contributed by atoms with Crippen molar-refractivity contribution in [1.82, 2.24) is 0 Å². The summed E-state index contributed by atoms with van der Waals surface area (Å²) < 4.78 is 5.64. The number of carbonyl (C=O) groups excluding carboxylic acids is 1. The summed E-state index contributed by atoms with van der Waals surface area (Å²) in [6.45, 7) is 0. The van der Waals surface area contributed by atoms with Gasteiger partial charge in [0.2, 0.25) is 0 Å². The van der Waals surface area contributed by atoms with Crippen LogP contribution in [0.25, 0.3) is 0 Å². The number of Topliss-reactive ketones (excluding diaryl/α,β-unsaturated/α-hetero) is 1. The van der Waals surface area contributed by atoms with Crippen LogP contribution in [-0.4, -0.2) is 12.9 Å². The number of ketones is 1. The number of allylic oxidation sites excluding steroid dienone is 1. The van der Waals surface area contributed by atoms with Crippen LogP contribution < -0.4 is 15.4 Å². The Hall–Kier alpha value is -3.24. The molecule has 0 amide bonds. The van der Waals surface area contributed by atoms with Gasteiger partial charge in [-0.2, -0.15) is 0 Å². The smallest absolute Gasteiger partial charge is 0.163 e. The normalized spacial score (nSPS) is 20.1. The number of benzene rings is 3. The highest BCUT2D eigenvalue weighted by molar-refractivity contribution is 6.30. The molecule has 156 valence electrons. The maximum absolute atomic E-state index is 13.6. The molecule has 5 rings (SSSR count). The third-order valence-electron chi connectivity index (χ3n) is 6.10. The maximum Gasteiger partial charge on any atom is 0.163 e. The molecule has 3 aromatic carbocycles. The van der Waals surface area contributed by atoms with Crippen molar-refractivity contribution >= 4 is 28.8 Å². The van der Waals surface area contributed by atoms with E-state index in [1.807, 2.05) is 72.8 Å². The first-order chi connectivity index (χ1) is 15.1. The summed E-state index contributed by atoms with van der Waals surface area (Å²) in [5, 5.41) is 7.87. The lowest BCUT2D eigenvalue weighted by atomic mass is 9.78. The molecule has 3 aromatic rings. The van der Waals surface area contributed by atoms with E-state index >= 15 is 0 Å². The number of halogens is 1. The van der Waals surface area contributed by atoms with Gasteiger partial charge in [0.1, 0.15) is 5.75 Å². The van der Waals surface area contributed by atoms with E-state index < -0.39 is 0 Å². The summed E-state index contributed by atoms with van der Waals surface area (Å²) in [7, 11) is 1.66. The number of carbonyl (C=O) groups is 1. The van der Waals surface area contributed by atoms with Crippen molar-refractivity contribution in [3.63, 3.8) is 0 Å². The molecule has 1 aliphatic heterocycles. The zero-order valence-corrected chi connectivity index (χ0v) is 17.9. The van der Waals surface area contributed by atoms with Crippen molar-refractivity contribution in [2.75, 3.05) is 17.7 Å². The van der Waals surface area contributed by atoms with Crippen LogP contribution in [0.4, 0.5) is 11.4 Å². The van der Waals surface area contributed by atoms with Gasteiger partial charge in [0.15, 0.2) is 5.78 Å². The first-order valence-corrected chi connectivity index (χ1v) is 10.8. The second-order valence-electron chi connectivity index (χ2n) is 7.96. The fourth-order valence-corrected chi connectivity index (χ4v) is 4.73. The van der Waals surface area contributed by atoms with E-state index in [0.29, 0.717) is 11.4 Å². The lowest BCUT2D eigenvalue weighted by Gasteiger charge is -2.30. The lowest BCUT2D eigenvalue weighted by molar-refractivity contribution is -0.116. The van der Waals surface area contributed by atoms with Crippen LogP contribution in [0.5, 0.6) is 5.75 Å². The van der Waals surface area contributed by atoms with Gasteiger partial charge in [0.05, 0.1) is 24.5 Å². The Morgan fingerprint density at radius 3 is 2.39 bits per heavy atom. The minimum absolute atomic E-state index is 0.111. The summed E-state index contributed by atoms with van der Waals surface area (Å²) in [5.41, 5.74) is 5.76. The Balaban J connectivity index is 1.62. The van der Waals surface area contributed by atoms with E-state index in [2.05, 4.69) is 10.6 Å². The van der Waals surface area contributed by atoms with Crippen LogP contribution in [0.3, 0.4) is 0 Å². The zero-order chi connectivity index (χ0) is 21.4. The van der Waals surface area contributed by atoms with Gasteiger partial charge in [-0.3, -0.25) is 4.79 Å². The van der Waals surface area contributed by atoms with Crippen molar-refractivity contribution < 1.29 is 9.53 Å². The molecule has 0 spiro atoms. The van der Waals surface area contributed by atoms with Gasteiger partial charge in [0, 0.05) is 28.3 Å². The predicted molar refractivity (Wildman–Crippen MR) is 125 cm³/mol. The van der Waals surface area contributed by atoms with Crippen LogP contribution in [0.1, 0.15) is 35.9 Å². The number of rotatable bonds is 3. The highest BCUT2D eigenvalue weighted by Crippen LogP contribution is 2.45. The van der Waals surface area contributed by atoms with Gasteiger partial charge in [-0.25, -0.2) is 0 Å². The first-order valence-electron chi connectivity index (χ1n) is 10.4. The molecule has 0 aromatic heterocycles. The fraction of sp³-hybridized carbons (Fsp3) is 0.192. The number of anilines is 2. The van der Waals surface area contributed by atoms with Gasteiger partial charge in [0.25, 0.3) is 0 Å². The molecule has 5 heteroatoms. The van der Waals surface area contributed by atoms with Gasteiger partial charge in [-0.1, -0.05) is 54.1 Å². The van der Waals surface area contributed by atoms with Crippen LogP contribution in [0, 0.1) is 0 Å². The fourth-order valence-electron chi connectivity index (χ4n) is 4.60. The van der Waals surface area contributed by atoms with Crippen molar-refractivity contribution in [2.24, 2.45) is 0 Å². The number of hydrogen-bond acceptors (Lipinski definition) is 4. The van der Waals surface area contributed by atoms with E-state index in [0.717, 1.165) is 45.9 Å². The number of para-hydroxylation sites is 3. The second kappa shape index (κ2) is 8.12. The maximum atomic E-state index is 13.6. The molecule has 0 bridgehead atoms. The van der Waals surface area contributed by atoms with Gasteiger partial charge in [-0.15, -0.1) is 0 Å². The van der Waals surface area contributed by atoms with E-state index in [1.54, 1.807) is 7.11 Å². The zero-order valence-electron chi connectivity index (χ0n) is 17.2. The standard InChI is InChI=1S/C26H23ClN2O2/c1-31-24-9-5-2-6-19(24)26-25-22(28-20-7-3-4-8-21(20)29-26)14-17(15-23(25)30)16-10-12-18(27)13-11-16/h2-13,17,26,28-29H,14-15H2,1H3. The number of fused-ring (bicyclic) bond motifs is 1. The number of hydrogen-bond donors (Lipinski definition) is 2. The molecule has 0 saturated heterocycles. The van der Waals surface area contributed by atoms with Crippen LogP contribution >= 0.6 is 11.6 Å². The molecular formula is C26H23ClN2O2. The van der Waals surface area contributed by atoms with Gasteiger partial charge in [-0.05, 0) is 48.2 Å². The minimum atomic E-state index is -0.291. The molecule has 0 saturated carbocycles. The van der Waals surface area contributed by atoms with E-state index in [1.165, 1.54) is 0 Å². The average Bonchev–Trinajstić information content (AvgIpc) is 2.96. The molecule has 31 heavy (non-hydrogen) atoms. The summed E-state index contributed by atoms with van der Waals surface area (Å²) in [6, 6.07) is 23.5. The molecule has 0 fully saturated rings. The van der Waals surface area contributed by atoms with Gasteiger partial charge >= 0.3 is 0 Å². The van der Waals surface area contributed by atoms with E-state index in [9.17, 15) is 4.79 Å². The Kier molecular flexibility index (Phi) is 5.16. The Morgan fingerprint density at radius 2 is 1.61 bits per heavy atom. The summed E-state index contributed by atoms with van der Waals surface area (Å²) in [4.78, 5) is 13.6. The third-order valence-corrected chi connectivity index (χ3v) is 6.35. The molecular weight excluding hydrogens is 408 g/mol. The molecule has 2 N–H and O–H groups in total. The van der Waals surface area contributed by atoms with Crippen molar-refractivity contribution in [2.45, 2.75) is 24.8 Å². The van der Waals surface area contributed by atoms with Crippen LogP contribution in [-0.2, 0) is 4.79 Å². The van der Waals surface area contributed by atoms with Crippen molar-refractivity contribution in [3.8, 4) is 5.75 Å². The summed E-state index contributed by atoms with van der Waals surface area (Å²) >= 11 is 6.07. The molecule has 0 radical (unpaired) electrons. The predicted octanol–water partition coefficient (Wildman–Crippen LogP) is 6.33.